The van der Waals surface area contributed by atoms with Crippen LogP contribution in [0.25, 0.3) is 33.3 Å². The van der Waals surface area contributed by atoms with Crippen LogP contribution in [0, 0.1) is 5.41 Å². The first kappa shape index (κ1) is 18.9. The number of fused-ring (bicyclic) bond motifs is 1. The van der Waals surface area contributed by atoms with E-state index in [1.54, 1.807) is 0 Å². The van der Waals surface area contributed by atoms with Crippen molar-refractivity contribution in [3.8, 4) is 22.5 Å². The van der Waals surface area contributed by atoms with Crippen LogP contribution in [0.15, 0.2) is 65.8 Å². The van der Waals surface area contributed by atoms with E-state index in [0.717, 1.165) is 39.4 Å². The molecule has 0 aliphatic rings. The summed E-state index contributed by atoms with van der Waals surface area (Å²) in [5.74, 6) is -0.406. The lowest BCUT2D eigenvalue weighted by atomic mass is 9.96. The third-order valence-corrected chi connectivity index (χ3v) is 5.33. The van der Waals surface area contributed by atoms with Crippen molar-refractivity contribution in [1.29, 1.82) is 5.41 Å². The van der Waals surface area contributed by atoms with E-state index in [2.05, 4.69) is 51.6 Å². The van der Waals surface area contributed by atoms with Gasteiger partial charge in [0.1, 0.15) is 0 Å². The van der Waals surface area contributed by atoms with Crippen LogP contribution in [0.3, 0.4) is 0 Å². The fourth-order valence-electron chi connectivity index (χ4n) is 3.17. The summed E-state index contributed by atoms with van der Waals surface area (Å²) < 4.78 is 0. The standard InChI is InChI=1S/C22H18N4O2S/c23-8-7-14-9-18(17-6-5-15-3-1-2-4-16(15)11-17)12-19(10-14)21-24-22(26-25-21)29-13-20(27)28/h1-6,8-12,23H,7,13H2,(H,27,28)(H,24,25,26). The lowest BCUT2D eigenvalue weighted by Gasteiger charge is -2.09. The minimum atomic E-state index is -0.903. The molecule has 0 fully saturated rings. The smallest absolute Gasteiger partial charge is 0.313 e. The lowest BCUT2D eigenvalue weighted by Crippen LogP contribution is -1.97. The summed E-state index contributed by atoms with van der Waals surface area (Å²) in [4.78, 5) is 13.8. The molecule has 0 spiro atoms. The minimum absolute atomic E-state index is 0.0786. The second kappa shape index (κ2) is 8.28. The summed E-state index contributed by atoms with van der Waals surface area (Å²) >= 11 is 1.10. The van der Waals surface area contributed by atoms with Gasteiger partial charge in [0.2, 0.25) is 0 Å². The van der Waals surface area contributed by atoms with Gasteiger partial charge >= 0.3 is 5.97 Å². The summed E-state index contributed by atoms with van der Waals surface area (Å²) in [6.45, 7) is 0. The monoisotopic (exact) mass is 402 g/mol. The van der Waals surface area contributed by atoms with E-state index in [1.807, 2.05) is 24.3 Å². The number of nitrogens with one attached hydrogen (secondary N) is 2. The van der Waals surface area contributed by atoms with Crippen molar-refractivity contribution in [2.75, 3.05) is 5.75 Å². The summed E-state index contributed by atoms with van der Waals surface area (Å²) in [7, 11) is 0. The van der Waals surface area contributed by atoms with E-state index >= 15 is 0 Å². The van der Waals surface area contributed by atoms with E-state index in [-0.39, 0.29) is 5.75 Å². The first-order chi connectivity index (χ1) is 14.1. The molecule has 0 bridgehead atoms. The van der Waals surface area contributed by atoms with Crippen LogP contribution in [-0.4, -0.2) is 38.2 Å². The summed E-state index contributed by atoms with van der Waals surface area (Å²) in [6, 6.07) is 20.6. The van der Waals surface area contributed by atoms with Gasteiger partial charge < -0.3 is 15.5 Å². The second-order valence-electron chi connectivity index (χ2n) is 6.55. The number of aliphatic carboxylic acids is 1. The number of hydrogen-bond donors (Lipinski definition) is 3. The van der Waals surface area contributed by atoms with Crippen LogP contribution in [0.4, 0.5) is 0 Å². The Morgan fingerprint density at radius 1 is 1.00 bits per heavy atom. The molecule has 144 valence electrons. The van der Waals surface area contributed by atoms with Crippen molar-refractivity contribution in [3.63, 3.8) is 0 Å². The number of aromatic nitrogens is 3. The maximum atomic E-state index is 10.8. The van der Waals surface area contributed by atoms with Crippen molar-refractivity contribution in [2.24, 2.45) is 0 Å². The predicted molar refractivity (Wildman–Crippen MR) is 116 cm³/mol. The van der Waals surface area contributed by atoms with Crippen LogP contribution in [0.2, 0.25) is 0 Å². The van der Waals surface area contributed by atoms with Gasteiger partial charge in [0, 0.05) is 12.0 Å². The average Bonchev–Trinajstić information content (AvgIpc) is 3.21. The molecule has 0 saturated carbocycles. The topological polar surface area (TPSA) is 103 Å². The van der Waals surface area contributed by atoms with Gasteiger partial charge in [-0.1, -0.05) is 54.2 Å². The zero-order valence-electron chi connectivity index (χ0n) is 15.4. The molecular weight excluding hydrogens is 384 g/mol. The third kappa shape index (κ3) is 4.35. The van der Waals surface area contributed by atoms with Crippen LogP contribution >= 0.6 is 11.8 Å². The van der Waals surface area contributed by atoms with Crippen molar-refractivity contribution in [1.82, 2.24) is 15.2 Å². The number of nitrogens with zero attached hydrogens (tertiary/aromatic N) is 2. The van der Waals surface area contributed by atoms with Gasteiger partial charge in [-0.05, 0) is 51.9 Å². The van der Waals surface area contributed by atoms with Crippen LogP contribution in [0.5, 0.6) is 0 Å². The molecule has 7 heteroatoms. The Morgan fingerprint density at radius 2 is 1.79 bits per heavy atom. The van der Waals surface area contributed by atoms with Gasteiger partial charge in [0.05, 0.1) is 5.75 Å². The Kier molecular flexibility index (Phi) is 5.39. The van der Waals surface area contributed by atoms with E-state index in [1.165, 1.54) is 11.6 Å². The molecule has 0 unspecified atom stereocenters. The Hall–Kier alpha value is -3.45. The molecule has 0 saturated heterocycles. The molecule has 0 radical (unpaired) electrons. The predicted octanol–water partition coefficient (Wildman–Crippen LogP) is 4.66. The zero-order valence-corrected chi connectivity index (χ0v) is 16.2. The number of thioether (sulfide) groups is 1. The molecule has 4 rings (SSSR count). The van der Waals surface area contributed by atoms with Crippen molar-refractivity contribution in [3.05, 3.63) is 66.2 Å². The van der Waals surface area contributed by atoms with Gasteiger partial charge in [-0.25, -0.2) is 0 Å². The molecule has 1 aromatic heterocycles. The van der Waals surface area contributed by atoms with E-state index in [9.17, 15) is 4.79 Å². The number of carboxylic acids is 1. The van der Waals surface area contributed by atoms with Crippen LogP contribution in [0.1, 0.15) is 5.56 Å². The van der Waals surface area contributed by atoms with Gasteiger partial charge in [0.25, 0.3) is 0 Å². The molecule has 29 heavy (non-hydrogen) atoms. The summed E-state index contributed by atoms with van der Waals surface area (Å²) in [5.41, 5.74) is 3.96. The fourth-order valence-corrected chi connectivity index (χ4v) is 3.70. The molecule has 0 amide bonds. The summed E-state index contributed by atoms with van der Waals surface area (Å²) in [5, 5.41) is 27.3. The Balaban J connectivity index is 1.74. The molecule has 4 aromatic rings. The van der Waals surface area contributed by atoms with E-state index in [0.29, 0.717) is 17.4 Å². The van der Waals surface area contributed by atoms with E-state index < -0.39 is 5.97 Å². The minimum Gasteiger partial charge on any atom is -0.481 e. The largest absolute Gasteiger partial charge is 0.481 e. The average molecular weight is 402 g/mol. The first-order valence-electron chi connectivity index (χ1n) is 9.02. The van der Waals surface area contributed by atoms with Gasteiger partial charge in [-0.3, -0.25) is 4.79 Å². The highest BCUT2D eigenvalue weighted by molar-refractivity contribution is 7.99. The lowest BCUT2D eigenvalue weighted by molar-refractivity contribution is -0.133. The van der Waals surface area contributed by atoms with Gasteiger partial charge in [-0.2, -0.15) is 0 Å². The highest BCUT2D eigenvalue weighted by Gasteiger charge is 2.11. The third-order valence-electron chi connectivity index (χ3n) is 4.49. The SMILES string of the molecule is N=CCc1cc(-c2ccc3ccccc3c2)cc(-c2nnc(SCC(=O)O)[nH]2)c1. The zero-order chi connectivity index (χ0) is 20.2. The number of H-pyrrole nitrogens is 1. The normalized spacial score (nSPS) is 10.9. The highest BCUT2D eigenvalue weighted by atomic mass is 32.2. The van der Waals surface area contributed by atoms with Crippen molar-refractivity contribution < 1.29 is 9.90 Å². The molecule has 6 nitrogen and oxygen atoms in total. The Bertz CT molecular complexity index is 1200. The molecule has 0 aliphatic carbocycles. The Labute approximate surface area is 171 Å². The number of carbonyl (C=O) groups is 1. The molecule has 0 atom stereocenters. The quantitative estimate of drug-likeness (QED) is 0.308. The number of carboxylic acid groups (broad SMARTS) is 1. The number of rotatable bonds is 7. The van der Waals surface area contributed by atoms with Crippen molar-refractivity contribution >= 4 is 34.7 Å². The van der Waals surface area contributed by atoms with Crippen LogP contribution < -0.4 is 0 Å². The Morgan fingerprint density at radius 3 is 2.59 bits per heavy atom. The molecule has 1 heterocycles. The van der Waals surface area contributed by atoms with E-state index in [4.69, 9.17) is 10.5 Å². The molecule has 0 aliphatic heterocycles. The fraction of sp³-hybridized carbons (Fsp3) is 0.0909. The number of hydrogen-bond acceptors (Lipinski definition) is 5. The maximum Gasteiger partial charge on any atom is 0.313 e. The van der Waals surface area contributed by atoms with Crippen LogP contribution in [-0.2, 0) is 11.2 Å². The molecular formula is C22H18N4O2S. The second-order valence-corrected chi connectivity index (χ2v) is 7.51. The van der Waals surface area contributed by atoms with Gasteiger partial charge in [0.15, 0.2) is 11.0 Å². The first-order valence-corrected chi connectivity index (χ1v) is 10.0. The maximum absolute atomic E-state index is 10.8. The summed E-state index contributed by atoms with van der Waals surface area (Å²) in [6.07, 6.45) is 1.89. The number of aromatic amines is 1. The number of benzene rings is 3. The van der Waals surface area contributed by atoms with Gasteiger partial charge in [-0.15, -0.1) is 10.2 Å². The van der Waals surface area contributed by atoms with Crippen molar-refractivity contribution in [2.45, 2.75) is 11.6 Å². The molecule has 3 N–H and O–H groups in total. The highest BCUT2D eigenvalue weighted by Crippen LogP contribution is 2.30. The molecule has 3 aromatic carbocycles.